The molecule has 152 valence electrons. The average molecular weight is 377 g/mol. The van der Waals surface area contributed by atoms with Gasteiger partial charge in [0.25, 0.3) is 0 Å². The van der Waals surface area contributed by atoms with Gasteiger partial charge in [-0.2, -0.15) is 0 Å². The van der Waals surface area contributed by atoms with E-state index >= 15 is 0 Å². The molecule has 0 radical (unpaired) electrons. The third-order valence-electron chi connectivity index (χ3n) is 7.72. The Bertz CT molecular complexity index is 799. The van der Waals surface area contributed by atoms with Crippen LogP contribution in [0.15, 0.2) is 42.5 Å². The number of fused-ring (bicyclic) bond motifs is 3. The van der Waals surface area contributed by atoms with E-state index in [1.807, 2.05) is 0 Å². The lowest BCUT2D eigenvalue weighted by Crippen LogP contribution is -2.30. The van der Waals surface area contributed by atoms with E-state index in [1.54, 1.807) is 11.1 Å². The summed E-state index contributed by atoms with van der Waals surface area (Å²) < 4.78 is 0. The first-order chi connectivity index (χ1) is 13.3. The third kappa shape index (κ3) is 3.56. The SMILES string of the molecule is CCC(C)CC1(CC(C)CC)c2ccccc2-c2ccc(C(C)(C)CC)cc21. The van der Waals surface area contributed by atoms with Crippen molar-refractivity contribution in [2.45, 2.75) is 91.4 Å². The van der Waals surface area contributed by atoms with Crippen LogP contribution >= 0.6 is 0 Å². The number of hydrogen-bond acceptors (Lipinski definition) is 0. The van der Waals surface area contributed by atoms with Gasteiger partial charge in [0.2, 0.25) is 0 Å². The topological polar surface area (TPSA) is 0 Å². The molecule has 0 saturated carbocycles. The van der Waals surface area contributed by atoms with Crippen molar-refractivity contribution < 1.29 is 0 Å². The zero-order chi connectivity index (χ0) is 20.5. The molecule has 2 aromatic rings. The van der Waals surface area contributed by atoms with Crippen molar-refractivity contribution in [3.63, 3.8) is 0 Å². The Kier molecular flexibility index (Phi) is 6.08. The lowest BCUT2D eigenvalue weighted by Gasteiger charge is -2.37. The molecule has 2 aromatic carbocycles. The van der Waals surface area contributed by atoms with Gasteiger partial charge in [0.15, 0.2) is 0 Å². The molecule has 0 saturated heterocycles. The van der Waals surface area contributed by atoms with E-state index < -0.39 is 0 Å². The summed E-state index contributed by atoms with van der Waals surface area (Å²) >= 11 is 0. The van der Waals surface area contributed by atoms with Crippen LogP contribution in [0.4, 0.5) is 0 Å². The first kappa shape index (κ1) is 21.2. The maximum atomic E-state index is 2.59. The van der Waals surface area contributed by atoms with Crippen LogP contribution in [-0.2, 0) is 10.8 Å². The molecular formula is C28H40. The third-order valence-corrected chi connectivity index (χ3v) is 7.72. The van der Waals surface area contributed by atoms with E-state index in [-0.39, 0.29) is 10.8 Å². The van der Waals surface area contributed by atoms with E-state index in [0.29, 0.717) is 0 Å². The molecule has 0 spiro atoms. The van der Waals surface area contributed by atoms with Gasteiger partial charge in [-0.25, -0.2) is 0 Å². The fourth-order valence-corrected chi connectivity index (χ4v) is 5.08. The zero-order valence-electron chi connectivity index (χ0n) is 19.2. The van der Waals surface area contributed by atoms with E-state index in [2.05, 4.69) is 90.9 Å². The molecule has 28 heavy (non-hydrogen) atoms. The second kappa shape index (κ2) is 8.05. The van der Waals surface area contributed by atoms with Gasteiger partial charge in [0.05, 0.1) is 0 Å². The highest BCUT2D eigenvalue weighted by atomic mass is 14.5. The Morgan fingerprint density at radius 3 is 1.93 bits per heavy atom. The van der Waals surface area contributed by atoms with Gasteiger partial charge in [-0.15, -0.1) is 0 Å². The predicted octanol–water partition coefficient (Wildman–Crippen LogP) is 8.51. The molecule has 0 aliphatic heterocycles. The molecule has 0 nitrogen and oxygen atoms in total. The highest BCUT2D eigenvalue weighted by molar-refractivity contribution is 5.81. The molecule has 0 amide bonds. The van der Waals surface area contributed by atoms with E-state index in [1.165, 1.54) is 48.8 Å². The van der Waals surface area contributed by atoms with Gasteiger partial charge in [-0.05, 0) is 64.3 Å². The molecule has 1 aliphatic rings. The predicted molar refractivity (Wildman–Crippen MR) is 124 cm³/mol. The highest BCUT2D eigenvalue weighted by Crippen LogP contribution is 2.56. The fraction of sp³-hybridized carbons (Fsp3) is 0.571. The summed E-state index contributed by atoms with van der Waals surface area (Å²) in [5, 5.41) is 0. The molecule has 0 N–H and O–H groups in total. The van der Waals surface area contributed by atoms with E-state index in [4.69, 9.17) is 0 Å². The van der Waals surface area contributed by atoms with Gasteiger partial charge in [0, 0.05) is 5.41 Å². The van der Waals surface area contributed by atoms with E-state index in [0.717, 1.165) is 11.8 Å². The van der Waals surface area contributed by atoms with Crippen molar-refractivity contribution in [1.82, 2.24) is 0 Å². The minimum absolute atomic E-state index is 0.163. The molecule has 2 atom stereocenters. The summed E-state index contributed by atoms with van der Waals surface area (Å²) in [6.07, 6.45) is 6.18. The monoisotopic (exact) mass is 376 g/mol. The summed E-state index contributed by atoms with van der Waals surface area (Å²) in [6, 6.07) is 16.7. The van der Waals surface area contributed by atoms with Crippen molar-refractivity contribution in [3.8, 4) is 11.1 Å². The van der Waals surface area contributed by atoms with Crippen molar-refractivity contribution in [2.24, 2.45) is 11.8 Å². The second-order valence-corrected chi connectivity index (χ2v) is 10.1. The Hall–Kier alpha value is -1.56. The fourth-order valence-electron chi connectivity index (χ4n) is 5.08. The van der Waals surface area contributed by atoms with Crippen LogP contribution in [0.25, 0.3) is 11.1 Å². The molecule has 0 aromatic heterocycles. The van der Waals surface area contributed by atoms with Crippen molar-refractivity contribution in [2.75, 3.05) is 0 Å². The summed E-state index contributed by atoms with van der Waals surface area (Å²) in [5.41, 5.74) is 8.03. The molecule has 0 heterocycles. The maximum Gasteiger partial charge on any atom is 0.0220 e. The van der Waals surface area contributed by atoms with Gasteiger partial charge >= 0.3 is 0 Å². The smallest absolute Gasteiger partial charge is 0.0220 e. The van der Waals surface area contributed by atoms with Crippen molar-refractivity contribution in [1.29, 1.82) is 0 Å². The summed E-state index contributed by atoms with van der Waals surface area (Å²) in [4.78, 5) is 0. The van der Waals surface area contributed by atoms with Gasteiger partial charge in [-0.1, -0.05) is 104 Å². The van der Waals surface area contributed by atoms with Crippen molar-refractivity contribution in [3.05, 3.63) is 59.2 Å². The van der Waals surface area contributed by atoms with E-state index in [9.17, 15) is 0 Å². The van der Waals surface area contributed by atoms with Gasteiger partial charge in [0.1, 0.15) is 0 Å². The lowest BCUT2D eigenvalue weighted by molar-refractivity contribution is 0.308. The van der Waals surface area contributed by atoms with Crippen LogP contribution in [0.2, 0.25) is 0 Å². The van der Waals surface area contributed by atoms with Crippen molar-refractivity contribution >= 4 is 0 Å². The van der Waals surface area contributed by atoms with Crippen LogP contribution in [0.3, 0.4) is 0 Å². The summed E-state index contributed by atoms with van der Waals surface area (Å²) in [7, 11) is 0. The minimum atomic E-state index is 0.163. The Labute approximate surface area is 173 Å². The van der Waals surface area contributed by atoms with Gasteiger partial charge in [-0.3, -0.25) is 0 Å². The van der Waals surface area contributed by atoms with Crippen LogP contribution in [0, 0.1) is 11.8 Å². The lowest BCUT2D eigenvalue weighted by atomic mass is 9.66. The molecular weight excluding hydrogens is 336 g/mol. The molecule has 2 unspecified atom stereocenters. The standard InChI is InChI=1S/C28H40/c1-8-20(4)18-28(19-21(5)9-2)25-14-12-11-13-23(25)24-16-15-22(17-26(24)28)27(6,7)10-3/h11-17,20-21H,8-10,18-19H2,1-7H3. The van der Waals surface area contributed by atoms with Crippen LogP contribution in [-0.4, -0.2) is 0 Å². The van der Waals surface area contributed by atoms with Gasteiger partial charge < -0.3 is 0 Å². The first-order valence-electron chi connectivity index (χ1n) is 11.5. The average Bonchev–Trinajstić information content (AvgIpc) is 2.97. The second-order valence-electron chi connectivity index (χ2n) is 10.1. The van der Waals surface area contributed by atoms with Crippen LogP contribution in [0.5, 0.6) is 0 Å². The number of hydrogen-bond donors (Lipinski definition) is 0. The molecule has 1 aliphatic carbocycles. The summed E-state index contributed by atoms with van der Waals surface area (Å²) in [5.74, 6) is 1.46. The number of rotatable bonds is 8. The molecule has 0 fully saturated rings. The van der Waals surface area contributed by atoms with Crippen LogP contribution in [0.1, 0.15) is 97.3 Å². The molecule has 0 bridgehead atoms. The normalized spacial score (nSPS) is 20.5. The molecule has 0 heteroatoms. The largest absolute Gasteiger partial charge is 0.0651 e. The Morgan fingerprint density at radius 2 is 1.36 bits per heavy atom. The minimum Gasteiger partial charge on any atom is -0.0651 e. The summed E-state index contributed by atoms with van der Waals surface area (Å²) in [6.45, 7) is 16.7. The maximum absolute atomic E-state index is 2.59. The zero-order valence-corrected chi connectivity index (χ0v) is 19.2. The molecule has 3 rings (SSSR count). The van der Waals surface area contributed by atoms with Crippen LogP contribution < -0.4 is 0 Å². The highest BCUT2D eigenvalue weighted by Gasteiger charge is 2.44. The quantitative estimate of drug-likeness (QED) is 0.433. The first-order valence-corrected chi connectivity index (χ1v) is 11.5. The Morgan fingerprint density at radius 1 is 0.786 bits per heavy atom. The Balaban J connectivity index is 2.27. The number of benzene rings is 2.